The van der Waals surface area contributed by atoms with Crippen LogP contribution in [-0.4, -0.2) is 26.3 Å². The van der Waals surface area contributed by atoms with Crippen LogP contribution in [0.5, 0.6) is 0 Å². The molecule has 6 nitrogen and oxygen atoms in total. The van der Waals surface area contributed by atoms with E-state index in [9.17, 15) is 0 Å². The van der Waals surface area contributed by atoms with Crippen molar-refractivity contribution in [3.05, 3.63) is 17.8 Å². The molecular weight excluding hydrogens is 218 g/mol. The molecular formula is C11H17N5O. The van der Waals surface area contributed by atoms with Gasteiger partial charge in [-0.25, -0.2) is 4.98 Å². The van der Waals surface area contributed by atoms with Crippen LogP contribution < -0.4 is 5.32 Å². The molecule has 0 spiro atoms. The Morgan fingerprint density at radius 1 is 1.35 bits per heavy atom. The first kappa shape index (κ1) is 11.8. The number of rotatable bonds is 1. The molecule has 92 valence electrons. The summed E-state index contributed by atoms with van der Waals surface area (Å²) in [4.78, 5) is 4.25. The first-order valence-corrected chi connectivity index (χ1v) is 5.90. The monoisotopic (exact) mass is 235 g/mol. The minimum atomic E-state index is 0.549. The molecule has 1 aliphatic heterocycles. The number of nitrogens with zero attached hydrogens (tertiary/aromatic N) is 4. The Morgan fingerprint density at radius 2 is 2.18 bits per heavy atom. The van der Waals surface area contributed by atoms with Crippen molar-refractivity contribution in [2.75, 3.05) is 6.54 Å². The molecule has 0 aliphatic carbocycles. The fraction of sp³-hybridized carbons (Fsp3) is 0.545. The highest BCUT2D eigenvalue weighted by molar-refractivity contribution is 5.41. The summed E-state index contributed by atoms with van der Waals surface area (Å²) in [5.41, 5.74) is 0.858. The van der Waals surface area contributed by atoms with Crippen molar-refractivity contribution in [2.45, 2.75) is 33.9 Å². The molecule has 6 heteroatoms. The van der Waals surface area contributed by atoms with E-state index in [-0.39, 0.29) is 0 Å². The molecule has 0 radical (unpaired) electrons. The first-order chi connectivity index (χ1) is 8.34. The SMILES string of the molecule is CC.Cc1coc(-c2nnc3n2CCNC3)n1. The van der Waals surface area contributed by atoms with Gasteiger partial charge in [-0.3, -0.25) is 0 Å². The van der Waals surface area contributed by atoms with Gasteiger partial charge in [0.2, 0.25) is 5.82 Å². The molecule has 3 heterocycles. The molecule has 1 aliphatic rings. The van der Waals surface area contributed by atoms with Crippen LogP contribution in [0.25, 0.3) is 11.7 Å². The van der Waals surface area contributed by atoms with E-state index in [2.05, 4.69) is 20.5 Å². The van der Waals surface area contributed by atoms with E-state index < -0.39 is 0 Å². The number of hydrogen-bond acceptors (Lipinski definition) is 5. The number of nitrogens with one attached hydrogen (secondary N) is 1. The zero-order valence-corrected chi connectivity index (χ0v) is 10.4. The van der Waals surface area contributed by atoms with Gasteiger partial charge in [-0.05, 0) is 6.92 Å². The van der Waals surface area contributed by atoms with Gasteiger partial charge in [-0.2, -0.15) is 0 Å². The van der Waals surface area contributed by atoms with Crippen molar-refractivity contribution in [3.8, 4) is 11.7 Å². The summed E-state index contributed by atoms with van der Waals surface area (Å²) < 4.78 is 7.36. The Morgan fingerprint density at radius 3 is 2.88 bits per heavy atom. The molecule has 0 unspecified atom stereocenters. The lowest BCUT2D eigenvalue weighted by Crippen LogP contribution is -2.28. The quantitative estimate of drug-likeness (QED) is 0.808. The van der Waals surface area contributed by atoms with Crippen LogP contribution in [-0.2, 0) is 13.1 Å². The van der Waals surface area contributed by atoms with Gasteiger partial charge in [0.05, 0.1) is 12.2 Å². The first-order valence-electron chi connectivity index (χ1n) is 5.90. The Kier molecular flexibility index (Phi) is 3.53. The predicted octanol–water partition coefficient (Wildman–Crippen LogP) is 1.37. The van der Waals surface area contributed by atoms with Gasteiger partial charge in [-0.1, -0.05) is 13.8 Å². The second kappa shape index (κ2) is 5.09. The van der Waals surface area contributed by atoms with E-state index >= 15 is 0 Å². The topological polar surface area (TPSA) is 68.8 Å². The van der Waals surface area contributed by atoms with Gasteiger partial charge in [0.25, 0.3) is 5.89 Å². The highest BCUT2D eigenvalue weighted by Crippen LogP contribution is 2.18. The van der Waals surface area contributed by atoms with Crippen LogP contribution in [0.15, 0.2) is 10.7 Å². The van der Waals surface area contributed by atoms with Crippen molar-refractivity contribution in [1.82, 2.24) is 25.1 Å². The van der Waals surface area contributed by atoms with E-state index in [0.717, 1.165) is 37.0 Å². The Bertz CT molecular complexity index is 488. The minimum absolute atomic E-state index is 0.549. The van der Waals surface area contributed by atoms with E-state index in [1.807, 2.05) is 25.3 Å². The third-order valence-electron chi connectivity index (χ3n) is 2.43. The summed E-state index contributed by atoms with van der Waals surface area (Å²) in [6.45, 7) is 8.44. The van der Waals surface area contributed by atoms with Crippen LogP contribution in [0.1, 0.15) is 25.4 Å². The van der Waals surface area contributed by atoms with Crippen LogP contribution in [0.2, 0.25) is 0 Å². The van der Waals surface area contributed by atoms with Crippen LogP contribution in [0.3, 0.4) is 0 Å². The van der Waals surface area contributed by atoms with Crippen LogP contribution >= 0.6 is 0 Å². The van der Waals surface area contributed by atoms with Crippen molar-refractivity contribution in [3.63, 3.8) is 0 Å². The predicted molar refractivity (Wildman–Crippen MR) is 63.3 cm³/mol. The molecule has 0 saturated carbocycles. The fourth-order valence-electron chi connectivity index (χ4n) is 1.71. The summed E-state index contributed by atoms with van der Waals surface area (Å²) >= 11 is 0. The van der Waals surface area contributed by atoms with Crippen LogP contribution in [0.4, 0.5) is 0 Å². The molecule has 3 rings (SSSR count). The van der Waals surface area contributed by atoms with E-state index in [0.29, 0.717) is 5.89 Å². The van der Waals surface area contributed by atoms with E-state index in [4.69, 9.17) is 4.42 Å². The van der Waals surface area contributed by atoms with Crippen molar-refractivity contribution >= 4 is 0 Å². The minimum Gasteiger partial charge on any atom is -0.442 e. The van der Waals surface area contributed by atoms with Gasteiger partial charge in [0.15, 0.2) is 0 Å². The Hall–Kier alpha value is -1.69. The number of hydrogen-bond donors (Lipinski definition) is 1. The molecule has 2 aromatic heterocycles. The molecule has 17 heavy (non-hydrogen) atoms. The van der Waals surface area contributed by atoms with Gasteiger partial charge >= 0.3 is 0 Å². The number of fused-ring (bicyclic) bond motifs is 1. The summed E-state index contributed by atoms with van der Waals surface area (Å²) in [6.07, 6.45) is 1.62. The van der Waals surface area contributed by atoms with E-state index in [1.54, 1.807) is 6.26 Å². The highest BCUT2D eigenvalue weighted by Gasteiger charge is 2.19. The molecule has 0 saturated heterocycles. The average Bonchev–Trinajstić information content (AvgIpc) is 2.97. The Balaban J connectivity index is 0.000000514. The van der Waals surface area contributed by atoms with Crippen LogP contribution in [0, 0.1) is 6.92 Å². The third-order valence-corrected chi connectivity index (χ3v) is 2.43. The molecule has 2 aromatic rings. The molecule has 1 N–H and O–H groups in total. The molecule has 0 fully saturated rings. The maximum absolute atomic E-state index is 5.32. The van der Waals surface area contributed by atoms with Gasteiger partial charge in [0, 0.05) is 13.1 Å². The Labute approximate surface area is 100 Å². The van der Waals surface area contributed by atoms with Crippen molar-refractivity contribution in [1.29, 1.82) is 0 Å². The lowest BCUT2D eigenvalue weighted by Gasteiger charge is -2.14. The number of oxazole rings is 1. The summed E-state index contributed by atoms with van der Waals surface area (Å²) in [5, 5.41) is 11.4. The third kappa shape index (κ3) is 2.21. The van der Waals surface area contributed by atoms with Crippen molar-refractivity contribution in [2.24, 2.45) is 0 Å². The molecule has 0 atom stereocenters. The maximum atomic E-state index is 5.32. The number of aromatic nitrogens is 4. The average molecular weight is 235 g/mol. The zero-order chi connectivity index (χ0) is 12.3. The van der Waals surface area contributed by atoms with Gasteiger partial charge in [-0.15, -0.1) is 10.2 Å². The molecule has 0 aromatic carbocycles. The second-order valence-electron chi connectivity index (χ2n) is 3.56. The summed E-state index contributed by atoms with van der Waals surface area (Å²) in [7, 11) is 0. The lowest BCUT2D eigenvalue weighted by atomic mass is 10.4. The summed E-state index contributed by atoms with van der Waals surface area (Å²) in [5.74, 6) is 2.21. The standard InChI is InChI=1S/C9H11N5O.C2H6/c1-6-5-15-9(11-6)8-13-12-7-4-10-2-3-14(7)8;1-2/h5,10H,2-4H2,1H3;1-2H3. The fourth-order valence-corrected chi connectivity index (χ4v) is 1.71. The second-order valence-corrected chi connectivity index (χ2v) is 3.56. The highest BCUT2D eigenvalue weighted by atomic mass is 16.3. The molecule has 0 bridgehead atoms. The lowest BCUT2D eigenvalue weighted by molar-refractivity contribution is 0.498. The largest absolute Gasteiger partial charge is 0.442 e. The maximum Gasteiger partial charge on any atom is 0.265 e. The summed E-state index contributed by atoms with van der Waals surface area (Å²) in [6, 6.07) is 0. The van der Waals surface area contributed by atoms with Gasteiger partial charge in [0.1, 0.15) is 12.1 Å². The van der Waals surface area contributed by atoms with Gasteiger partial charge < -0.3 is 14.3 Å². The smallest absolute Gasteiger partial charge is 0.265 e. The van der Waals surface area contributed by atoms with Crippen molar-refractivity contribution < 1.29 is 4.42 Å². The zero-order valence-electron chi connectivity index (χ0n) is 10.4. The van der Waals surface area contributed by atoms with E-state index in [1.165, 1.54) is 0 Å². The number of aryl methyl sites for hydroxylation is 1. The normalized spacial score (nSPS) is 13.8. The molecule has 0 amide bonds.